The van der Waals surface area contributed by atoms with E-state index in [-0.39, 0.29) is 16.3 Å². The fraction of sp³-hybridized carbons (Fsp3) is 0.385. The molecule has 0 radical (unpaired) electrons. The van der Waals surface area contributed by atoms with E-state index in [1.807, 2.05) is 6.07 Å². The lowest BCUT2D eigenvalue weighted by Crippen LogP contribution is -2.24. The number of fused-ring (bicyclic) bond motifs is 1. The van der Waals surface area contributed by atoms with Gasteiger partial charge in [0.2, 0.25) is 11.8 Å². The van der Waals surface area contributed by atoms with Gasteiger partial charge in [-0.15, -0.1) is 0 Å². The minimum atomic E-state index is -0.000212. The summed E-state index contributed by atoms with van der Waals surface area (Å²) >= 11 is 2.57. The largest absolute Gasteiger partial charge is 0.481 e. The molecule has 0 aliphatic carbocycles. The molecule has 8 heteroatoms. The first kappa shape index (κ1) is 14.3. The van der Waals surface area contributed by atoms with E-state index in [9.17, 15) is 9.59 Å². The van der Waals surface area contributed by atoms with Crippen LogP contribution in [0.15, 0.2) is 12.1 Å². The zero-order chi connectivity index (χ0) is 15.0. The maximum absolute atomic E-state index is 12.1. The standard InChI is InChI=1S/C13H13N3O3S2/c1-7(17)20-8-5-11(18)16(6-8)13-14-9-3-4-10(19-2)15-12(9)21-13/h3-4,8H,5-6H2,1-2H3. The summed E-state index contributed by atoms with van der Waals surface area (Å²) in [6.07, 6.45) is 0.372. The van der Waals surface area contributed by atoms with Crippen LogP contribution in [-0.2, 0) is 9.59 Å². The van der Waals surface area contributed by atoms with Crippen LogP contribution in [0, 0.1) is 0 Å². The van der Waals surface area contributed by atoms with Gasteiger partial charge in [0.15, 0.2) is 10.2 Å². The molecule has 110 valence electrons. The summed E-state index contributed by atoms with van der Waals surface area (Å²) in [5.41, 5.74) is 0.742. The molecule has 0 saturated carbocycles. The Labute approximate surface area is 129 Å². The fourth-order valence-corrected chi connectivity index (χ4v) is 4.07. The molecule has 1 aliphatic heterocycles. The van der Waals surface area contributed by atoms with Crippen molar-refractivity contribution in [2.24, 2.45) is 0 Å². The first-order valence-corrected chi connectivity index (χ1v) is 8.05. The van der Waals surface area contributed by atoms with Gasteiger partial charge in [-0.2, -0.15) is 0 Å². The van der Waals surface area contributed by atoms with E-state index in [1.54, 1.807) is 18.1 Å². The van der Waals surface area contributed by atoms with Crippen molar-refractivity contribution in [3.8, 4) is 5.88 Å². The van der Waals surface area contributed by atoms with E-state index in [0.717, 1.165) is 10.3 Å². The number of aromatic nitrogens is 2. The molecule has 1 unspecified atom stereocenters. The molecule has 6 nitrogen and oxygen atoms in total. The average Bonchev–Trinajstić information content (AvgIpc) is 3.00. The first-order chi connectivity index (χ1) is 10.1. The number of amides is 1. The molecule has 3 rings (SSSR count). The van der Waals surface area contributed by atoms with Gasteiger partial charge in [-0.3, -0.25) is 14.5 Å². The number of ether oxygens (including phenoxy) is 1. The number of thioether (sulfide) groups is 1. The minimum absolute atomic E-state index is 0.000212. The molecular weight excluding hydrogens is 310 g/mol. The van der Waals surface area contributed by atoms with Gasteiger partial charge < -0.3 is 4.74 Å². The third kappa shape index (κ3) is 2.86. The molecule has 1 amide bonds. The number of carbonyl (C=O) groups excluding carboxylic acids is 2. The van der Waals surface area contributed by atoms with Crippen LogP contribution in [0.2, 0.25) is 0 Å². The summed E-state index contributed by atoms with van der Waals surface area (Å²) in [5, 5.41) is 0.664. The molecule has 1 aliphatic rings. The van der Waals surface area contributed by atoms with Crippen molar-refractivity contribution < 1.29 is 14.3 Å². The van der Waals surface area contributed by atoms with E-state index in [0.29, 0.717) is 24.0 Å². The Morgan fingerprint density at radius 1 is 1.48 bits per heavy atom. The summed E-state index contributed by atoms with van der Waals surface area (Å²) in [5.74, 6) is 0.523. The van der Waals surface area contributed by atoms with E-state index in [2.05, 4.69) is 9.97 Å². The van der Waals surface area contributed by atoms with Gasteiger partial charge in [-0.1, -0.05) is 23.1 Å². The van der Waals surface area contributed by atoms with E-state index < -0.39 is 0 Å². The van der Waals surface area contributed by atoms with Crippen molar-refractivity contribution in [1.82, 2.24) is 9.97 Å². The number of hydrogen-bond donors (Lipinski definition) is 0. The lowest BCUT2D eigenvalue weighted by atomic mass is 10.4. The van der Waals surface area contributed by atoms with E-state index in [1.165, 1.54) is 30.0 Å². The number of pyridine rings is 1. The molecule has 2 aromatic heterocycles. The van der Waals surface area contributed by atoms with Crippen LogP contribution in [0.4, 0.5) is 5.13 Å². The monoisotopic (exact) mass is 323 g/mol. The first-order valence-electron chi connectivity index (χ1n) is 6.36. The predicted octanol–water partition coefficient (Wildman–Crippen LogP) is 2.08. The Balaban J connectivity index is 1.86. The van der Waals surface area contributed by atoms with E-state index in [4.69, 9.17) is 4.74 Å². The normalized spacial score (nSPS) is 18.5. The van der Waals surface area contributed by atoms with Crippen molar-refractivity contribution in [3.63, 3.8) is 0 Å². The zero-order valence-electron chi connectivity index (χ0n) is 11.5. The second-order valence-electron chi connectivity index (χ2n) is 4.61. The third-order valence-electron chi connectivity index (χ3n) is 3.08. The summed E-state index contributed by atoms with van der Waals surface area (Å²) < 4.78 is 5.09. The Hall–Kier alpha value is -1.67. The summed E-state index contributed by atoms with van der Waals surface area (Å²) in [6.45, 7) is 2.03. The highest BCUT2D eigenvalue weighted by Crippen LogP contribution is 2.34. The highest BCUT2D eigenvalue weighted by atomic mass is 32.2. The molecular formula is C13H13N3O3S2. The van der Waals surface area contributed by atoms with Crippen molar-refractivity contribution >= 4 is 49.6 Å². The lowest BCUT2D eigenvalue weighted by Gasteiger charge is -2.11. The lowest BCUT2D eigenvalue weighted by molar-refractivity contribution is -0.117. The topological polar surface area (TPSA) is 72.4 Å². The summed E-state index contributed by atoms with van der Waals surface area (Å²) in [6, 6.07) is 3.57. The Bertz CT molecular complexity index is 716. The van der Waals surface area contributed by atoms with Gasteiger partial charge in [-0.25, -0.2) is 9.97 Å². The van der Waals surface area contributed by atoms with Crippen LogP contribution in [0.1, 0.15) is 13.3 Å². The highest BCUT2D eigenvalue weighted by molar-refractivity contribution is 8.14. The van der Waals surface area contributed by atoms with Crippen LogP contribution in [0.3, 0.4) is 0 Å². The third-order valence-corrected chi connectivity index (χ3v) is 5.05. The maximum Gasteiger partial charge on any atom is 0.230 e. The number of thiazole rings is 1. The van der Waals surface area contributed by atoms with Crippen LogP contribution in [0.5, 0.6) is 5.88 Å². The number of rotatable bonds is 3. The zero-order valence-corrected chi connectivity index (χ0v) is 13.2. The number of hydrogen-bond acceptors (Lipinski definition) is 7. The van der Waals surface area contributed by atoms with Crippen LogP contribution in [0.25, 0.3) is 10.3 Å². The quantitative estimate of drug-likeness (QED) is 0.861. The molecule has 0 bridgehead atoms. The number of anilines is 1. The van der Waals surface area contributed by atoms with Gasteiger partial charge in [0.25, 0.3) is 0 Å². The van der Waals surface area contributed by atoms with Crippen molar-refractivity contribution in [2.45, 2.75) is 18.6 Å². The molecule has 0 N–H and O–H groups in total. The van der Waals surface area contributed by atoms with Gasteiger partial charge in [-0.05, 0) is 6.07 Å². The number of methoxy groups -OCH3 is 1. The molecule has 0 spiro atoms. The second-order valence-corrected chi connectivity index (χ2v) is 7.05. The Kier molecular flexibility index (Phi) is 3.81. The van der Waals surface area contributed by atoms with Crippen molar-refractivity contribution in [3.05, 3.63) is 12.1 Å². The molecule has 1 atom stereocenters. The fourth-order valence-electron chi connectivity index (χ4n) is 2.19. The maximum atomic E-state index is 12.1. The molecule has 3 heterocycles. The molecule has 2 aromatic rings. The smallest absolute Gasteiger partial charge is 0.230 e. The van der Waals surface area contributed by atoms with Gasteiger partial charge in [0.05, 0.1) is 7.11 Å². The van der Waals surface area contributed by atoms with Crippen LogP contribution < -0.4 is 9.64 Å². The van der Waals surface area contributed by atoms with Crippen molar-refractivity contribution in [2.75, 3.05) is 18.6 Å². The summed E-state index contributed by atoms with van der Waals surface area (Å²) in [4.78, 5) is 34.4. The number of carbonyl (C=O) groups is 2. The van der Waals surface area contributed by atoms with Crippen LogP contribution >= 0.6 is 23.1 Å². The SMILES string of the molecule is COc1ccc2nc(N3CC(SC(C)=O)CC3=O)sc2n1. The minimum Gasteiger partial charge on any atom is -0.481 e. The molecule has 1 fully saturated rings. The van der Waals surface area contributed by atoms with Gasteiger partial charge in [0, 0.05) is 31.2 Å². The summed E-state index contributed by atoms with van der Waals surface area (Å²) in [7, 11) is 1.56. The second kappa shape index (κ2) is 5.61. The average molecular weight is 323 g/mol. The van der Waals surface area contributed by atoms with Gasteiger partial charge >= 0.3 is 0 Å². The molecule has 0 aromatic carbocycles. The Morgan fingerprint density at radius 3 is 3.00 bits per heavy atom. The van der Waals surface area contributed by atoms with E-state index >= 15 is 0 Å². The number of nitrogens with zero attached hydrogens (tertiary/aromatic N) is 3. The molecule has 1 saturated heterocycles. The van der Waals surface area contributed by atoms with Gasteiger partial charge in [0.1, 0.15) is 10.3 Å². The van der Waals surface area contributed by atoms with Crippen LogP contribution in [-0.4, -0.2) is 39.9 Å². The highest BCUT2D eigenvalue weighted by Gasteiger charge is 2.33. The Morgan fingerprint density at radius 2 is 2.29 bits per heavy atom. The predicted molar refractivity (Wildman–Crippen MR) is 83.0 cm³/mol. The van der Waals surface area contributed by atoms with Crippen molar-refractivity contribution in [1.29, 1.82) is 0 Å². The molecule has 21 heavy (non-hydrogen) atoms.